The number of fused-ring (bicyclic) bond motifs is 3. The minimum Gasteiger partial charge on any atom is -0.502 e. The van der Waals surface area contributed by atoms with Crippen LogP contribution in [0.3, 0.4) is 0 Å². The standard InChI is InChI=1S/C28H27NO8/c1-33-22-7-15(8-23(34-2)27(22)31)24-17-9-20-21(37-13-36-20)10-18(17)26(19-12-35-28(32)25(19)24)29-16-5-3-4-14(6-16)11-30/h3-10,19,24-26,29-31H,11-13H2,1-2H3/t19-,24+,25-,26+/m0/s1. The molecule has 2 aliphatic heterocycles. The molecule has 192 valence electrons. The first-order chi connectivity index (χ1) is 18.0. The lowest BCUT2D eigenvalue weighted by molar-refractivity contribution is -0.141. The van der Waals surface area contributed by atoms with Crippen molar-refractivity contribution in [1.82, 2.24) is 0 Å². The molecule has 2 heterocycles. The number of ether oxygens (including phenoxy) is 5. The summed E-state index contributed by atoms with van der Waals surface area (Å²) in [5, 5.41) is 23.7. The van der Waals surface area contributed by atoms with Gasteiger partial charge in [0, 0.05) is 17.5 Å². The first-order valence-electron chi connectivity index (χ1n) is 12.0. The lowest BCUT2D eigenvalue weighted by atomic mass is 9.65. The summed E-state index contributed by atoms with van der Waals surface area (Å²) in [5.41, 5.74) is 4.19. The molecule has 37 heavy (non-hydrogen) atoms. The molecule has 1 fully saturated rings. The number of hydrogen-bond donors (Lipinski definition) is 3. The molecule has 6 rings (SSSR count). The molecular formula is C28H27NO8. The van der Waals surface area contributed by atoms with Crippen LogP contribution in [0, 0.1) is 11.8 Å². The van der Waals surface area contributed by atoms with Gasteiger partial charge in [0.1, 0.15) is 0 Å². The summed E-state index contributed by atoms with van der Waals surface area (Å²) in [4.78, 5) is 13.3. The molecule has 1 saturated heterocycles. The van der Waals surface area contributed by atoms with Crippen molar-refractivity contribution in [2.75, 3.05) is 32.9 Å². The third-order valence-electron chi connectivity index (χ3n) is 7.48. The van der Waals surface area contributed by atoms with Crippen LogP contribution in [0.4, 0.5) is 5.69 Å². The summed E-state index contributed by atoms with van der Waals surface area (Å²) in [6.45, 7) is 0.294. The summed E-state index contributed by atoms with van der Waals surface area (Å²) < 4.78 is 27.9. The molecule has 9 nitrogen and oxygen atoms in total. The first kappa shape index (κ1) is 23.3. The van der Waals surface area contributed by atoms with E-state index in [1.165, 1.54) is 14.2 Å². The van der Waals surface area contributed by atoms with Crippen molar-refractivity contribution in [3.05, 3.63) is 70.8 Å². The van der Waals surface area contributed by atoms with Crippen LogP contribution in [0.2, 0.25) is 0 Å². The van der Waals surface area contributed by atoms with Crippen LogP contribution in [0.15, 0.2) is 48.5 Å². The third kappa shape index (κ3) is 3.77. The average molecular weight is 506 g/mol. The zero-order valence-electron chi connectivity index (χ0n) is 20.4. The van der Waals surface area contributed by atoms with Crippen LogP contribution in [0.1, 0.15) is 34.2 Å². The molecule has 3 aliphatic rings. The Labute approximate surface area is 213 Å². The number of benzene rings is 3. The lowest BCUT2D eigenvalue weighted by Crippen LogP contribution is -2.37. The van der Waals surface area contributed by atoms with E-state index in [4.69, 9.17) is 23.7 Å². The second-order valence-corrected chi connectivity index (χ2v) is 9.39. The Bertz CT molecular complexity index is 1350. The molecule has 9 heteroatoms. The molecule has 0 radical (unpaired) electrons. The van der Waals surface area contributed by atoms with Crippen LogP contribution in [-0.2, 0) is 16.1 Å². The highest BCUT2D eigenvalue weighted by Crippen LogP contribution is 2.56. The molecular weight excluding hydrogens is 478 g/mol. The number of nitrogens with one attached hydrogen (secondary N) is 1. The van der Waals surface area contributed by atoms with Gasteiger partial charge in [0.05, 0.1) is 39.4 Å². The summed E-state index contributed by atoms with van der Waals surface area (Å²) >= 11 is 0. The summed E-state index contributed by atoms with van der Waals surface area (Å²) in [5.74, 6) is 0.227. The number of carbonyl (C=O) groups is 1. The number of aliphatic hydroxyl groups is 1. The van der Waals surface area contributed by atoms with Gasteiger partial charge in [-0.05, 0) is 58.7 Å². The van der Waals surface area contributed by atoms with Gasteiger partial charge >= 0.3 is 5.97 Å². The Morgan fingerprint density at radius 2 is 1.68 bits per heavy atom. The topological polar surface area (TPSA) is 116 Å². The Hall–Kier alpha value is -4.11. The zero-order valence-corrected chi connectivity index (χ0v) is 20.4. The second-order valence-electron chi connectivity index (χ2n) is 9.39. The highest BCUT2D eigenvalue weighted by atomic mass is 16.7. The van der Waals surface area contributed by atoms with E-state index in [1.807, 2.05) is 36.4 Å². The van der Waals surface area contributed by atoms with E-state index in [0.717, 1.165) is 27.9 Å². The molecule has 3 aromatic carbocycles. The quantitative estimate of drug-likeness (QED) is 0.431. The SMILES string of the molecule is COc1cc([C@@H]2c3cc4c(cc3[C@@H](Nc3cccc(CO)c3)[C@H]3COC(=O)[C@H]23)OCO4)cc(OC)c1O. The van der Waals surface area contributed by atoms with Crippen molar-refractivity contribution < 1.29 is 38.7 Å². The van der Waals surface area contributed by atoms with Crippen LogP contribution in [0.25, 0.3) is 0 Å². The summed E-state index contributed by atoms with van der Waals surface area (Å²) in [7, 11) is 2.94. The highest BCUT2D eigenvalue weighted by molar-refractivity contribution is 5.79. The van der Waals surface area contributed by atoms with Gasteiger partial charge < -0.3 is 39.2 Å². The fourth-order valence-corrected chi connectivity index (χ4v) is 5.78. The number of aliphatic hydroxyl groups excluding tert-OH is 1. The van der Waals surface area contributed by atoms with Crippen LogP contribution in [0.5, 0.6) is 28.7 Å². The van der Waals surface area contributed by atoms with Crippen molar-refractivity contribution in [2.24, 2.45) is 11.8 Å². The van der Waals surface area contributed by atoms with Crippen molar-refractivity contribution in [3.8, 4) is 28.7 Å². The molecule has 0 unspecified atom stereocenters. The number of anilines is 1. The smallest absolute Gasteiger partial charge is 0.310 e. The molecule has 3 aromatic rings. The van der Waals surface area contributed by atoms with Crippen LogP contribution >= 0.6 is 0 Å². The van der Waals surface area contributed by atoms with Gasteiger partial charge in [-0.25, -0.2) is 0 Å². The van der Waals surface area contributed by atoms with E-state index in [9.17, 15) is 15.0 Å². The van der Waals surface area contributed by atoms with Gasteiger partial charge in [0.2, 0.25) is 12.5 Å². The zero-order chi connectivity index (χ0) is 25.7. The normalized spacial score (nSPS) is 23.2. The van der Waals surface area contributed by atoms with E-state index in [-0.39, 0.29) is 55.2 Å². The Balaban J connectivity index is 1.54. The predicted molar refractivity (Wildman–Crippen MR) is 132 cm³/mol. The van der Waals surface area contributed by atoms with E-state index in [0.29, 0.717) is 11.5 Å². The number of phenols is 1. The predicted octanol–water partition coefficient (Wildman–Crippen LogP) is 3.72. The molecule has 1 aliphatic carbocycles. The van der Waals surface area contributed by atoms with Gasteiger partial charge in [-0.1, -0.05) is 12.1 Å². The van der Waals surface area contributed by atoms with Crippen molar-refractivity contribution in [1.29, 1.82) is 0 Å². The van der Waals surface area contributed by atoms with Gasteiger partial charge in [-0.3, -0.25) is 4.79 Å². The largest absolute Gasteiger partial charge is 0.502 e. The maximum atomic E-state index is 13.3. The van der Waals surface area contributed by atoms with Gasteiger partial charge in [0.25, 0.3) is 0 Å². The van der Waals surface area contributed by atoms with Crippen molar-refractivity contribution in [3.63, 3.8) is 0 Å². The number of rotatable bonds is 6. The average Bonchev–Trinajstić information content (AvgIpc) is 3.54. The molecule has 0 saturated carbocycles. The number of hydrogen-bond acceptors (Lipinski definition) is 9. The highest BCUT2D eigenvalue weighted by Gasteiger charge is 2.52. The molecule has 0 spiro atoms. The number of cyclic esters (lactones) is 1. The minimum absolute atomic E-state index is 0.0737. The van der Waals surface area contributed by atoms with E-state index < -0.39 is 11.8 Å². The number of methoxy groups -OCH3 is 2. The van der Waals surface area contributed by atoms with Gasteiger partial charge in [0.15, 0.2) is 23.0 Å². The number of esters is 1. The number of phenolic OH excluding ortho intramolecular Hbond substituents is 1. The van der Waals surface area contributed by atoms with Crippen LogP contribution < -0.4 is 24.3 Å². The fraction of sp³-hybridized carbons (Fsp3) is 0.321. The Kier molecular flexibility index (Phi) is 5.72. The van der Waals surface area contributed by atoms with Gasteiger partial charge in [-0.2, -0.15) is 0 Å². The van der Waals surface area contributed by atoms with E-state index in [1.54, 1.807) is 12.1 Å². The number of aromatic hydroxyl groups is 1. The number of carbonyl (C=O) groups excluding carboxylic acids is 1. The maximum absolute atomic E-state index is 13.3. The maximum Gasteiger partial charge on any atom is 0.310 e. The van der Waals surface area contributed by atoms with Crippen molar-refractivity contribution >= 4 is 11.7 Å². The Morgan fingerprint density at radius 1 is 0.973 bits per heavy atom. The molecule has 4 atom stereocenters. The minimum atomic E-state index is -0.509. The van der Waals surface area contributed by atoms with Crippen molar-refractivity contribution in [2.45, 2.75) is 18.6 Å². The molecule has 3 N–H and O–H groups in total. The third-order valence-corrected chi connectivity index (χ3v) is 7.48. The van der Waals surface area contributed by atoms with E-state index >= 15 is 0 Å². The summed E-state index contributed by atoms with van der Waals surface area (Å²) in [6, 6.07) is 14.6. The summed E-state index contributed by atoms with van der Waals surface area (Å²) in [6.07, 6.45) is 0. The van der Waals surface area contributed by atoms with Gasteiger partial charge in [-0.15, -0.1) is 0 Å². The fourth-order valence-electron chi connectivity index (χ4n) is 5.78. The molecule has 0 aromatic heterocycles. The Morgan fingerprint density at radius 3 is 2.35 bits per heavy atom. The lowest BCUT2D eigenvalue weighted by Gasteiger charge is -2.40. The van der Waals surface area contributed by atoms with Crippen LogP contribution in [-0.4, -0.2) is 43.8 Å². The second kappa shape index (κ2) is 9.08. The molecule has 0 amide bonds. The first-order valence-corrected chi connectivity index (χ1v) is 12.0. The van der Waals surface area contributed by atoms with E-state index in [2.05, 4.69) is 5.32 Å². The molecule has 0 bridgehead atoms. The monoisotopic (exact) mass is 505 g/mol.